The molecule has 0 fully saturated rings. The zero-order chi connectivity index (χ0) is 29.1. The number of carboxylic acid groups (broad SMARTS) is 1. The molecule has 1 aromatic rings. The Bertz CT molecular complexity index is 1650. The third kappa shape index (κ3) is 4.19. The minimum Gasteiger partial charge on any atom is -0.871 e. The van der Waals surface area contributed by atoms with Crippen molar-refractivity contribution in [3.63, 3.8) is 0 Å². The first-order valence-corrected chi connectivity index (χ1v) is 14.1. The zero-order valence-corrected chi connectivity index (χ0v) is 24.4. The number of allylic oxidation sites excluding steroid dienone is 3. The lowest BCUT2D eigenvalue weighted by Gasteiger charge is -2.31. The summed E-state index contributed by atoms with van der Waals surface area (Å²) in [6.45, 7) is 15.3. The van der Waals surface area contributed by atoms with E-state index >= 15 is 0 Å². The van der Waals surface area contributed by atoms with Gasteiger partial charge in [-0.15, -0.1) is 0 Å². The number of hydrogen-bond acceptors (Lipinski definition) is 3. The summed E-state index contributed by atoms with van der Waals surface area (Å²) >= 11 is 0. The van der Waals surface area contributed by atoms with Crippen LogP contribution in [0.1, 0.15) is 91.6 Å². The Morgan fingerprint density at radius 1 is 1.05 bits per heavy atom. The molecule has 0 spiro atoms. The Balaban J connectivity index is 1.63. The number of benzene rings is 1. The second-order valence-corrected chi connectivity index (χ2v) is 12.0. The van der Waals surface area contributed by atoms with Crippen molar-refractivity contribution < 1.29 is 24.4 Å². The minimum absolute atomic E-state index is 0.193. The Kier molecular flexibility index (Phi) is 6.81. The maximum atomic E-state index is 13.7. The van der Waals surface area contributed by atoms with Crippen LogP contribution in [0.5, 0.6) is 0 Å². The lowest BCUT2D eigenvalue weighted by molar-refractivity contribution is -0.438. The number of aromatic carboxylic acids is 1. The second kappa shape index (κ2) is 9.88. The quantitative estimate of drug-likeness (QED) is 0.270. The van der Waals surface area contributed by atoms with Gasteiger partial charge in [-0.3, -0.25) is 4.79 Å². The van der Waals surface area contributed by atoms with E-state index in [1.807, 2.05) is 39.8 Å². The van der Waals surface area contributed by atoms with Crippen LogP contribution in [-0.4, -0.2) is 33.7 Å². The number of carbonyl (C=O) groups is 2. The highest BCUT2D eigenvalue weighted by Crippen LogP contribution is 2.46. The molecule has 0 saturated carbocycles. The van der Waals surface area contributed by atoms with Gasteiger partial charge < -0.3 is 10.2 Å². The molecule has 1 aromatic carbocycles. The number of nitrogens with zero attached hydrogens (tertiary/aromatic N) is 1. The van der Waals surface area contributed by atoms with Crippen LogP contribution < -0.4 is 5.11 Å². The lowest BCUT2D eigenvalue weighted by atomic mass is 9.77. The van der Waals surface area contributed by atoms with Gasteiger partial charge in [0.15, 0.2) is 11.5 Å². The second-order valence-electron chi connectivity index (χ2n) is 12.0. The van der Waals surface area contributed by atoms with Crippen molar-refractivity contribution in [1.29, 1.82) is 0 Å². The van der Waals surface area contributed by atoms with Gasteiger partial charge in [0.05, 0.1) is 11.0 Å². The molecule has 0 unspecified atom stereocenters. The summed E-state index contributed by atoms with van der Waals surface area (Å²) in [7, 11) is 0. The van der Waals surface area contributed by atoms with Crippen LogP contribution in [-0.2, 0) is 10.2 Å². The number of hydrogen-bond donors (Lipinski definition) is 1. The van der Waals surface area contributed by atoms with E-state index in [-0.39, 0.29) is 28.3 Å². The fraction of sp³-hybridized carbons (Fsp3) is 0.343. The summed E-state index contributed by atoms with van der Waals surface area (Å²) in [5, 5.41) is 23.3. The van der Waals surface area contributed by atoms with E-state index in [4.69, 9.17) is 0 Å². The molecule has 0 radical (unpaired) electrons. The zero-order valence-electron chi connectivity index (χ0n) is 24.4. The van der Waals surface area contributed by atoms with E-state index in [9.17, 15) is 19.8 Å². The van der Waals surface area contributed by atoms with Crippen LogP contribution in [0.4, 0.5) is 5.69 Å². The Labute approximate surface area is 236 Å². The third-order valence-electron chi connectivity index (χ3n) is 8.59. The van der Waals surface area contributed by atoms with Gasteiger partial charge in [-0.2, -0.15) is 4.58 Å². The standard InChI is InChI=1S/C35H37NO4/c1-8-9-14-36-28-13-12-23(34(39)40)17-27(28)35(6,7)29(36)18-26-32(37)31(33(26)38)25-15-21(5)24-16-22(19(2)3)11-10-20(4)30(24)25/h10-13,15-19H,8-9,14H2,1-7H3,(H-,37,38,39,40). The van der Waals surface area contributed by atoms with Gasteiger partial charge in [-0.25, -0.2) is 4.79 Å². The highest BCUT2D eigenvalue weighted by Gasteiger charge is 2.46. The van der Waals surface area contributed by atoms with E-state index < -0.39 is 11.4 Å². The van der Waals surface area contributed by atoms with Crippen LogP contribution in [0.25, 0.3) is 16.7 Å². The van der Waals surface area contributed by atoms with Gasteiger partial charge in [-0.1, -0.05) is 57.2 Å². The van der Waals surface area contributed by atoms with Crippen LogP contribution in [0, 0.1) is 13.8 Å². The molecule has 0 bridgehead atoms. The predicted molar refractivity (Wildman–Crippen MR) is 158 cm³/mol. The molecular weight excluding hydrogens is 498 g/mol. The van der Waals surface area contributed by atoms with E-state index in [0.29, 0.717) is 5.92 Å². The summed E-state index contributed by atoms with van der Waals surface area (Å²) < 4.78 is 2.15. The molecule has 0 aromatic heterocycles. The molecule has 5 nitrogen and oxygen atoms in total. The highest BCUT2D eigenvalue weighted by atomic mass is 16.4. The number of fused-ring (bicyclic) bond motifs is 2. The van der Waals surface area contributed by atoms with Crippen LogP contribution in [0.15, 0.2) is 59.9 Å². The third-order valence-corrected chi connectivity index (χ3v) is 8.59. The maximum absolute atomic E-state index is 13.7. The van der Waals surface area contributed by atoms with Crippen molar-refractivity contribution >= 4 is 28.7 Å². The van der Waals surface area contributed by atoms with E-state index in [1.54, 1.807) is 18.2 Å². The smallest absolute Gasteiger partial charge is 0.335 e. The molecular formula is C35H37NO4. The first-order valence-electron chi connectivity index (χ1n) is 14.1. The van der Waals surface area contributed by atoms with Crippen molar-refractivity contribution in [3.8, 4) is 11.1 Å². The summed E-state index contributed by atoms with van der Waals surface area (Å²) in [5.41, 5.74) is 8.85. The number of ketones is 1. The highest BCUT2D eigenvalue weighted by molar-refractivity contribution is 6.41. The molecule has 1 aliphatic heterocycles. The Hall–Kier alpha value is -3.99. The maximum Gasteiger partial charge on any atom is 0.335 e. The molecule has 40 heavy (non-hydrogen) atoms. The number of aryl methyl sites for hydroxylation is 2. The Morgan fingerprint density at radius 2 is 1.77 bits per heavy atom. The van der Waals surface area contributed by atoms with Crippen molar-refractivity contribution in [3.05, 3.63) is 93.3 Å². The van der Waals surface area contributed by atoms with Crippen molar-refractivity contribution in [2.75, 3.05) is 6.54 Å². The SMILES string of the molecule is CCCC[N+]1=C(C=C2C(=O)C(c3cc(C)c4cc(C(C)C)ccc(C)c3-4)=C2[O-])C(C)(C)c2cc(C(=O)O)ccc21. The molecule has 206 valence electrons. The van der Waals surface area contributed by atoms with E-state index in [2.05, 4.69) is 43.5 Å². The lowest BCUT2D eigenvalue weighted by Crippen LogP contribution is -2.33. The number of carbonyl (C=O) groups excluding carboxylic acids is 1. The van der Waals surface area contributed by atoms with Crippen molar-refractivity contribution in [2.45, 2.75) is 72.6 Å². The first kappa shape index (κ1) is 27.6. The van der Waals surface area contributed by atoms with Gasteiger partial charge in [0, 0.05) is 35.3 Å². The van der Waals surface area contributed by atoms with Crippen LogP contribution in [0.3, 0.4) is 0 Å². The largest absolute Gasteiger partial charge is 0.871 e. The molecule has 1 N–H and O–H groups in total. The average Bonchev–Trinajstić information content (AvgIpc) is 3.23. The molecule has 0 amide bonds. The van der Waals surface area contributed by atoms with E-state index in [1.165, 1.54) is 5.56 Å². The van der Waals surface area contributed by atoms with Crippen LogP contribution in [0.2, 0.25) is 0 Å². The van der Waals surface area contributed by atoms with Gasteiger partial charge in [-0.05, 0) is 79.1 Å². The van der Waals surface area contributed by atoms with E-state index in [0.717, 1.165) is 64.2 Å². The number of Topliss-reactive ketones (excluding diaryl/α,β-unsaturated/α-hetero) is 1. The number of carboxylic acids is 1. The fourth-order valence-electron chi connectivity index (χ4n) is 6.15. The summed E-state index contributed by atoms with van der Waals surface area (Å²) in [6, 6.07) is 13.5. The molecule has 0 saturated heterocycles. The monoisotopic (exact) mass is 535 g/mol. The van der Waals surface area contributed by atoms with Gasteiger partial charge in [0.25, 0.3) is 0 Å². The molecule has 3 aliphatic carbocycles. The van der Waals surface area contributed by atoms with Crippen LogP contribution >= 0.6 is 0 Å². The molecule has 5 rings (SSSR count). The van der Waals surface area contributed by atoms with Gasteiger partial charge in [0.2, 0.25) is 5.69 Å². The predicted octanol–water partition coefficient (Wildman–Crippen LogP) is 6.69. The summed E-state index contributed by atoms with van der Waals surface area (Å²) in [5.74, 6) is -1.07. The van der Waals surface area contributed by atoms with Crippen molar-refractivity contribution in [1.82, 2.24) is 0 Å². The number of unbranched alkanes of at least 4 members (excludes halogenated alkanes) is 1. The van der Waals surface area contributed by atoms with Gasteiger partial charge >= 0.3 is 5.97 Å². The normalized spacial score (nSPS) is 17.3. The molecule has 5 heteroatoms. The molecule has 0 atom stereocenters. The van der Waals surface area contributed by atoms with Gasteiger partial charge in [0.1, 0.15) is 6.54 Å². The number of rotatable bonds is 7. The topological polar surface area (TPSA) is 80.4 Å². The summed E-state index contributed by atoms with van der Waals surface area (Å²) in [4.78, 5) is 25.4. The molecule has 4 aliphatic rings. The minimum atomic E-state index is -0.976. The van der Waals surface area contributed by atoms with Crippen molar-refractivity contribution in [2.24, 2.45) is 0 Å². The average molecular weight is 536 g/mol. The summed E-state index contributed by atoms with van der Waals surface area (Å²) in [6.07, 6.45) is 3.67. The molecule has 1 heterocycles. The fourth-order valence-corrected chi connectivity index (χ4v) is 6.15. The first-order chi connectivity index (χ1) is 18.9. The Morgan fingerprint density at radius 3 is 2.40 bits per heavy atom.